The van der Waals surface area contributed by atoms with Gasteiger partial charge in [0.05, 0.1) is 10.4 Å². The molecule has 0 unspecified atom stereocenters. The first-order valence-corrected chi connectivity index (χ1v) is 8.94. The number of rotatable bonds is 4. The van der Waals surface area contributed by atoms with Crippen molar-refractivity contribution < 1.29 is 9.13 Å². The van der Waals surface area contributed by atoms with E-state index in [1.807, 2.05) is 0 Å². The van der Waals surface area contributed by atoms with Crippen molar-refractivity contribution in [1.29, 1.82) is 0 Å². The lowest BCUT2D eigenvalue weighted by atomic mass is 10.2. The summed E-state index contributed by atoms with van der Waals surface area (Å²) in [5.74, 6) is 0.0905. The van der Waals surface area contributed by atoms with Crippen LogP contribution in [-0.2, 0) is 6.61 Å². The van der Waals surface area contributed by atoms with E-state index in [1.54, 1.807) is 11.4 Å². The van der Waals surface area contributed by atoms with Crippen LogP contribution in [0.3, 0.4) is 0 Å². The Morgan fingerprint density at radius 3 is 2.89 bits per heavy atom. The zero-order chi connectivity index (χ0) is 19.0. The van der Waals surface area contributed by atoms with Gasteiger partial charge in [0.2, 0.25) is 0 Å². The van der Waals surface area contributed by atoms with Crippen LogP contribution in [0.25, 0.3) is 22.3 Å². The first-order chi connectivity index (χ1) is 13.0. The minimum Gasteiger partial charge on any atom is -0.486 e. The molecule has 0 amide bonds. The van der Waals surface area contributed by atoms with Crippen LogP contribution in [0.4, 0.5) is 9.52 Å². The number of ether oxygens (including phenoxy) is 1. The van der Waals surface area contributed by atoms with Crippen molar-refractivity contribution in [3.8, 4) is 17.1 Å². The van der Waals surface area contributed by atoms with Crippen LogP contribution in [0.1, 0.15) is 5.82 Å². The first kappa shape index (κ1) is 17.4. The van der Waals surface area contributed by atoms with Crippen molar-refractivity contribution in [3.05, 3.63) is 62.9 Å². The molecule has 3 N–H and O–H groups in total. The Hall–Kier alpha value is -3.04. The predicted octanol–water partition coefficient (Wildman–Crippen LogP) is 3.40. The maximum atomic E-state index is 13.2. The number of nitrogens with zero attached hydrogens (tertiary/aromatic N) is 3. The van der Waals surface area contributed by atoms with E-state index in [2.05, 4.69) is 19.9 Å². The largest absolute Gasteiger partial charge is 0.486 e. The molecule has 0 radical (unpaired) electrons. The summed E-state index contributed by atoms with van der Waals surface area (Å²) in [5, 5.41) is 2.46. The van der Waals surface area contributed by atoms with Gasteiger partial charge in [0.15, 0.2) is 5.13 Å². The Morgan fingerprint density at radius 2 is 2.15 bits per heavy atom. The molecule has 0 aliphatic rings. The highest BCUT2D eigenvalue weighted by Gasteiger charge is 2.14. The molecule has 3 heterocycles. The van der Waals surface area contributed by atoms with Crippen molar-refractivity contribution in [2.75, 3.05) is 5.73 Å². The second kappa shape index (κ2) is 6.93. The highest BCUT2D eigenvalue weighted by Crippen LogP contribution is 2.26. The second-order valence-electron chi connectivity index (χ2n) is 5.50. The minimum absolute atomic E-state index is 0.0410. The molecule has 0 aliphatic carbocycles. The number of anilines is 1. The van der Waals surface area contributed by atoms with E-state index >= 15 is 0 Å². The van der Waals surface area contributed by atoms with Gasteiger partial charge in [0, 0.05) is 17.6 Å². The van der Waals surface area contributed by atoms with Gasteiger partial charge in [-0.3, -0.25) is 9.78 Å². The molecule has 3 aromatic heterocycles. The van der Waals surface area contributed by atoms with E-state index in [4.69, 9.17) is 22.1 Å². The van der Waals surface area contributed by atoms with Crippen molar-refractivity contribution in [1.82, 2.24) is 19.9 Å². The molecule has 0 atom stereocenters. The number of aromatic nitrogens is 4. The Labute approximate surface area is 160 Å². The zero-order valence-corrected chi connectivity index (χ0v) is 15.1. The number of hydrogen-bond donors (Lipinski definition) is 2. The topological polar surface area (TPSA) is 107 Å². The number of halogens is 2. The summed E-state index contributed by atoms with van der Waals surface area (Å²) >= 11 is 7.01. The molecular formula is C17H11ClFN5O2S. The fraction of sp³-hybridized carbons (Fsp3) is 0.0588. The predicted molar refractivity (Wildman–Crippen MR) is 101 cm³/mol. The quantitative estimate of drug-likeness (QED) is 0.540. The lowest BCUT2D eigenvalue weighted by Gasteiger charge is -2.08. The monoisotopic (exact) mass is 403 g/mol. The number of fused-ring (bicyclic) bond motifs is 1. The van der Waals surface area contributed by atoms with Crippen LogP contribution in [-0.4, -0.2) is 19.9 Å². The second-order valence-corrected chi connectivity index (χ2v) is 6.80. The Morgan fingerprint density at radius 1 is 1.30 bits per heavy atom. The number of aromatic amines is 1. The number of hydrogen-bond acceptors (Lipinski definition) is 7. The molecule has 27 heavy (non-hydrogen) atoms. The van der Waals surface area contributed by atoms with Crippen molar-refractivity contribution in [2.45, 2.75) is 6.61 Å². The number of nitrogens with two attached hydrogens (primary N) is 1. The van der Waals surface area contributed by atoms with Crippen LogP contribution in [0.2, 0.25) is 5.02 Å². The molecule has 4 aromatic rings. The molecule has 0 fully saturated rings. The molecule has 0 bridgehead atoms. The molecule has 0 saturated heterocycles. The lowest BCUT2D eigenvalue weighted by molar-refractivity contribution is 0.295. The highest BCUT2D eigenvalue weighted by molar-refractivity contribution is 7.13. The molecular weight excluding hydrogens is 393 g/mol. The smallest absolute Gasteiger partial charge is 0.258 e. The summed E-state index contributed by atoms with van der Waals surface area (Å²) < 4.78 is 18.8. The van der Waals surface area contributed by atoms with E-state index in [9.17, 15) is 9.18 Å². The van der Waals surface area contributed by atoms with Gasteiger partial charge in [0.1, 0.15) is 40.9 Å². The molecule has 1 aromatic carbocycles. The molecule has 0 aliphatic heterocycles. The van der Waals surface area contributed by atoms with Gasteiger partial charge in [-0.15, -0.1) is 11.3 Å². The molecule has 0 spiro atoms. The number of nitrogens with one attached hydrogen (secondary N) is 1. The summed E-state index contributed by atoms with van der Waals surface area (Å²) in [5.41, 5.74) is 6.74. The SMILES string of the molecule is Nc1nc(-c2nccc3c(=O)[nH]c(COc4ccc(F)c(Cl)c4)nc23)cs1. The van der Waals surface area contributed by atoms with E-state index in [0.29, 0.717) is 33.2 Å². The molecule has 136 valence electrons. The molecule has 7 nitrogen and oxygen atoms in total. The fourth-order valence-corrected chi connectivity index (χ4v) is 3.20. The number of benzene rings is 1. The number of thiazole rings is 1. The minimum atomic E-state index is -0.542. The standard InChI is InChI=1S/C17H11ClFN5O2S/c18-10-5-8(1-2-11(10)19)26-6-13-23-14-9(16(25)24-13)3-4-21-15(14)12-7-27-17(20)22-12/h1-5,7H,6H2,(H2,20,22)(H,23,24,25). The normalized spacial score (nSPS) is 11.0. The first-order valence-electron chi connectivity index (χ1n) is 7.68. The highest BCUT2D eigenvalue weighted by atomic mass is 35.5. The molecule has 0 saturated carbocycles. The number of H-pyrrole nitrogens is 1. The average Bonchev–Trinajstić information content (AvgIpc) is 3.08. The van der Waals surface area contributed by atoms with Gasteiger partial charge in [-0.1, -0.05) is 11.6 Å². The van der Waals surface area contributed by atoms with Gasteiger partial charge >= 0.3 is 0 Å². The van der Waals surface area contributed by atoms with Gasteiger partial charge in [-0.2, -0.15) is 0 Å². The lowest BCUT2D eigenvalue weighted by Crippen LogP contribution is -2.14. The van der Waals surface area contributed by atoms with Crippen LogP contribution in [0.5, 0.6) is 5.75 Å². The molecule has 10 heteroatoms. The van der Waals surface area contributed by atoms with Gasteiger partial charge < -0.3 is 15.5 Å². The van der Waals surface area contributed by atoms with Crippen LogP contribution in [0, 0.1) is 5.82 Å². The zero-order valence-electron chi connectivity index (χ0n) is 13.6. The summed E-state index contributed by atoms with van der Waals surface area (Å²) in [6, 6.07) is 5.56. The maximum Gasteiger partial charge on any atom is 0.258 e. The van der Waals surface area contributed by atoms with E-state index in [1.165, 1.54) is 35.7 Å². The summed E-state index contributed by atoms with van der Waals surface area (Å²) in [6.45, 7) is -0.0410. The number of nitrogen functional groups attached to an aromatic ring is 1. The van der Waals surface area contributed by atoms with Gasteiger partial charge in [0.25, 0.3) is 5.56 Å². The van der Waals surface area contributed by atoms with Crippen molar-refractivity contribution in [3.63, 3.8) is 0 Å². The number of pyridine rings is 1. The third-order valence-corrected chi connectivity index (χ3v) is 4.67. The van der Waals surface area contributed by atoms with Crippen LogP contribution < -0.4 is 16.0 Å². The molecule has 4 rings (SSSR count). The Bertz CT molecular complexity index is 1210. The average molecular weight is 404 g/mol. The van der Waals surface area contributed by atoms with Crippen LogP contribution in [0.15, 0.2) is 40.6 Å². The van der Waals surface area contributed by atoms with Gasteiger partial charge in [-0.25, -0.2) is 14.4 Å². The van der Waals surface area contributed by atoms with Crippen molar-refractivity contribution in [2.24, 2.45) is 0 Å². The third kappa shape index (κ3) is 3.46. The maximum absolute atomic E-state index is 13.2. The van der Waals surface area contributed by atoms with Crippen LogP contribution >= 0.6 is 22.9 Å². The van der Waals surface area contributed by atoms with E-state index in [-0.39, 0.29) is 23.0 Å². The summed E-state index contributed by atoms with van der Waals surface area (Å²) in [4.78, 5) is 28.0. The van der Waals surface area contributed by atoms with E-state index in [0.717, 1.165) is 0 Å². The summed E-state index contributed by atoms with van der Waals surface area (Å²) in [7, 11) is 0. The fourth-order valence-electron chi connectivity index (χ4n) is 2.48. The van der Waals surface area contributed by atoms with Crippen molar-refractivity contribution >= 4 is 39.0 Å². The summed E-state index contributed by atoms with van der Waals surface area (Å²) in [6.07, 6.45) is 1.51. The van der Waals surface area contributed by atoms with Gasteiger partial charge in [-0.05, 0) is 18.2 Å². The Kier molecular flexibility index (Phi) is 4.46. The Balaban J connectivity index is 1.71. The van der Waals surface area contributed by atoms with E-state index < -0.39 is 5.82 Å². The third-order valence-electron chi connectivity index (χ3n) is 3.70.